The van der Waals surface area contributed by atoms with Crippen LogP contribution in [0.4, 0.5) is 0 Å². The lowest BCUT2D eigenvalue weighted by Gasteiger charge is -2.28. The summed E-state index contributed by atoms with van der Waals surface area (Å²) >= 11 is 11.7. The smallest absolute Gasteiger partial charge is 0.307 e. The van der Waals surface area contributed by atoms with E-state index in [0.717, 1.165) is 24.0 Å². The number of hydrogen-bond donors (Lipinski definition) is 0. The largest absolute Gasteiger partial charge is 0.347 e. The highest BCUT2D eigenvalue weighted by molar-refractivity contribution is 6.29. The molecule has 14 heteroatoms. The maximum absolute atomic E-state index is 12.0. The Bertz CT molecular complexity index is 1230. The molecule has 0 saturated heterocycles. The molecule has 12 nitrogen and oxygen atoms in total. The topological polar surface area (TPSA) is 143 Å². The first-order chi connectivity index (χ1) is 18.8. The fraction of sp³-hybridized carbons (Fsp3) is 0.360. The SMILES string of the molecule is O=[N+]([O-])/C(=C/C/C=C(\C1=NCCCN1Cc1ccc(Cl)nc1)[N+](=O)[O-])C1=NCCCN1Cc1ccc(Cl)nc1. The Morgan fingerprint density at radius 3 is 1.59 bits per heavy atom. The molecular weight excluding hydrogens is 547 g/mol. The molecule has 0 aromatic carbocycles. The molecular formula is C25H26Cl2N8O4. The lowest BCUT2D eigenvalue weighted by molar-refractivity contribution is -0.417. The number of nitrogens with zero attached hydrogens (tertiary/aromatic N) is 8. The quantitative estimate of drug-likeness (QED) is 0.231. The number of hydrogen-bond acceptors (Lipinski definition) is 10. The Morgan fingerprint density at radius 1 is 0.795 bits per heavy atom. The van der Waals surface area contributed by atoms with Gasteiger partial charge in [-0.05, 0) is 42.5 Å². The molecule has 0 bridgehead atoms. The Morgan fingerprint density at radius 2 is 1.23 bits per heavy atom. The zero-order valence-corrected chi connectivity index (χ0v) is 22.5. The minimum Gasteiger partial charge on any atom is -0.347 e. The number of pyridine rings is 2. The number of halogens is 2. The first kappa shape index (κ1) is 28.1. The molecule has 0 spiro atoms. The second-order valence-corrected chi connectivity index (χ2v) is 9.64. The molecule has 204 valence electrons. The van der Waals surface area contributed by atoms with E-state index in [9.17, 15) is 20.2 Å². The monoisotopic (exact) mass is 572 g/mol. The van der Waals surface area contributed by atoms with E-state index in [4.69, 9.17) is 23.2 Å². The van der Waals surface area contributed by atoms with E-state index < -0.39 is 9.85 Å². The summed E-state index contributed by atoms with van der Waals surface area (Å²) in [7, 11) is 0. The van der Waals surface area contributed by atoms with Gasteiger partial charge in [0.05, 0.1) is 9.85 Å². The average Bonchev–Trinajstić information content (AvgIpc) is 2.92. The molecule has 2 aromatic rings. The van der Waals surface area contributed by atoms with Crippen molar-refractivity contribution in [2.45, 2.75) is 32.4 Å². The molecule has 0 amide bonds. The van der Waals surface area contributed by atoms with E-state index in [1.165, 1.54) is 12.2 Å². The molecule has 2 aliphatic rings. The normalized spacial score (nSPS) is 16.6. The molecule has 2 aliphatic heterocycles. The zero-order chi connectivity index (χ0) is 27.8. The van der Waals surface area contributed by atoms with Gasteiger partial charge in [0.25, 0.3) is 0 Å². The van der Waals surface area contributed by atoms with Crippen LogP contribution in [0.5, 0.6) is 0 Å². The van der Waals surface area contributed by atoms with E-state index in [2.05, 4.69) is 20.0 Å². The molecule has 0 unspecified atom stereocenters. The van der Waals surface area contributed by atoms with Crippen LogP contribution >= 0.6 is 23.2 Å². The Balaban J connectivity index is 1.55. The highest BCUT2D eigenvalue weighted by Gasteiger charge is 2.29. The van der Waals surface area contributed by atoms with E-state index in [1.807, 2.05) is 9.80 Å². The minimum absolute atomic E-state index is 0.0443. The van der Waals surface area contributed by atoms with Gasteiger partial charge in [-0.3, -0.25) is 30.2 Å². The van der Waals surface area contributed by atoms with Crippen molar-refractivity contribution < 1.29 is 9.85 Å². The summed E-state index contributed by atoms with van der Waals surface area (Å²) in [5.74, 6) is 0.480. The molecule has 0 atom stereocenters. The van der Waals surface area contributed by atoms with Crippen LogP contribution in [-0.4, -0.2) is 67.5 Å². The van der Waals surface area contributed by atoms with Gasteiger partial charge in [0.15, 0.2) is 0 Å². The molecule has 39 heavy (non-hydrogen) atoms. The van der Waals surface area contributed by atoms with Crippen LogP contribution in [0.15, 0.2) is 70.2 Å². The van der Waals surface area contributed by atoms with E-state index >= 15 is 0 Å². The Labute approximate surface area is 234 Å². The molecule has 0 N–H and O–H groups in total. The highest BCUT2D eigenvalue weighted by Crippen LogP contribution is 2.19. The van der Waals surface area contributed by atoms with Crippen molar-refractivity contribution in [3.8, 4) is 0 Å². The molecule has 0 fully saturated rings. The summed E-state index contributed by atoms with van der Waals surface area (Å²) in [6, 6.07) is 6.93. The van der Waals surface area contributed by atoms with Crippen LogP contribution < -0.4 is 0 Å². The minimum atomic E-state index is -0.505. The summed E-state index contributed by atoms with van der Waals surface area (Å²) in [6.07, 6.45) is 7.41. The third kappa shape index (κ3) is 7.58. The fourth-order valence-electron chi connectivity index (χ4n) is 4.32. The van der Waals surface area contributed by atoms with Crippen molar-refractivity contribution in [3.63, 3.8) is 0 Å². The van der Waals surface area contributed by atoms with Gasteiger partial charge in [0.2, 0.25) is 11.7 Å². The average molecular weight is 573 g/mol. The Hall–Kier alpha value is -3.90. The number of nitro groups is 2. The summed E-state index contributed by atoms with van der Waals surface area (Å²) in [6.45, 7) is 2.81. The lowest BCUT2D eigenvalue weighted by atomic mass is 10.1. The van der Waals surface area contributed by atoms with Crippen LogP contribution in [0.1, 0.15) is 30.4 Å². The van der Waals surface area contributed by atoms with Crippen LogP contribution in [-0.2, 0) is 13.1 Å². The maximum atomic E-state index is 12.0. The summed E-state index contributed by atoms with van der Waals surface area (Å²) in [4.78, 5) is 43.7. The Kier molecular flexibility index (Phi) is 9.55. The second-order valence-electron chi connectivity index (χ2n) is 8.87. The number of rotatable bonds is 10. The van der Waals surface area contributed by atoms with Gasteiger partial charge >= 0.3 is 11.4 Å². The predicted molar refractivity (Wildman–Crippen MR) is 148 cm³/mol. The molecule has 4 heterocycles. The predicted octanol–water partition coefficient (Wildman–Crippen LogP) is 4.40. The van der Waals surface area contributed by atoms with E-state index in [-0.39, 0.29) is 29.5 Å². The lowest BCUT2D eigenvalue weighted by Crippen LogP contribution is -2.38. The maximum Gasteiger partial charge on any atom is 0.307 e. The number of aliphatic imine (C=N–C) groups is 2. The fourth-order valence-corrected chi connectivity index (χ4v) is 4.54. The van der Waals surface area contributed by atoms with Crippen molar-refractivity contribution in [1.82, 2.24) is 19.8 Å². The van der Waals surface area contributed by atoms with Crippen molar-refractivity contribution in [1.29, 1.82) is 0 Å². The van der Waals surface area contributed by atoms with Crippen molar-refractivity contribution in [2.24, 2.45) is 9.98 Å². The van der Waals surface area contributed by atoms with Gasteiger partial charge in [-0.15, -0.1) is 0 Å². The van der Waals surface area contributed by atoms with Crippen molar-refractivity contribution in [2.75, 3.05) is 26.2 Å². The van der Waals surface area contributed by atoms with Crippen LogP contribution in [0, 0.1) is 20.2 Å². The van der Waals surface area contributed by atoms with Crippen LogP contribution in [0.25, 0.3) is 0 Å². The molecule has 0 aliphatic carbocycles. The first-order valence-electron chi connectivity index (χ1n) is 12.3. The van der Waals surface area contributed by atoms with Crippen LogP contribution in [0.3, 0.4) is 0 Å². The molecule has 0 saturated carbocycles. The zero-order valence-electron chi connectivity index (χ0n) is 20.9. The van der Waals surface area contributed by atoms with E-state index in [0.29, 0.717) is 49.6 Å². The van der Waals surface area contributed by atoms with Gasteiger partial charge in [0, 0.05) is 63.8 Å². The van der Waals surface area contributed by atoms with Gasteiger partial charge in [0.1, 0.15) is 10.3 Å². The third-order valence-corrected chi connectivity index (χ3v) is 6.54. The van der Waals surface area contributed by atoms with Crippen LogP contribution in [0.2, 0.25) is 10.3 Å². The summed E-state index contributed by atoms with van der Waals surface area (Å²) in [5, 5.41) is 24.8. The molecule has 0 radical (unpaired) electrons. The molecule has 2 aromatic heterocycles. The van der Waals surface area contributed by atoms with Crippen molar-refractivity contribution >= 4 is 34.9 Å². The van der Waals surface area contributed by atoms with E-state index in [1.54, 1.807) is 36.7 Å². The van der Waals surface area contributed by atoms with Gasteiger partial charge in [-0.25, -0.2) is 9.97 Å². The molecule has 4 rings (SSSR count). The van der Waals surface area contributed by atoms with Gasteiger partial charge in [-0.2, -0.15) is 0 Å². The van der Waals surface area contributed by atoms with Gasteiger partial charge < -0.3 is 9.80 Å². The number of allylic oxidation sites excluding steroid dienone is 2. The second kappa shape index (κ2) is 13.3. The third-order valence-electron chi connectivity index (χ3n) is 6.09. The standard InChI is InChI=1S/C25H26Cl2N8O4/c26-22-8-6-18(14-30-22)16-32-12-2-10-28-24(32)20(34(36)37)4-1-5-21(35(38)39)25-29-11-3-13-33(25)17-19-7-9-23(27)31-15-19/h4-9,14-15H,1-3,10-13,16-17H2/b20-4+,21-5+. The summed E-state index contributed by atoms with van der Waals surface area (Å²) < 4.78 is 0. The number of aromatic nitrogens is 2. The summed E-state index contributed by atoms with van der Waals surface area (Å²) in [5.41, 5.74) is 1.26. The first-order valence-corrected chi connectivity index (χ1v) is 13.1. The number of amidine groups is 2. The van der Waals surface area contributed by atoms with Gasteiger partial charge in [-0.1, -0.05) is 35.3 Å². The van der Waals surface area contributed by atoms with Crippen molar-refractivity contribution in [3.05, 3.63) is 102 Å². The highest BCUT2D eigenvalue weighted by atomic mass is 35.5.